The maximum atomic E-state index is 14.7. The van der Waals surface area contributed by atoms with E-state index in [-0.39, 0.29) is 56.0 Å². The lowest BCUT2D eigenvalue weighted by molar-refractivity contribution is -0.277. The molecular formula is C42H40O19. The Labute approximate surface area is 344 Å². The molecule has 2 fully saturated rings. The van der Waals surface area contributed by atoms with Crippen LogP contribution in [0.1, 0.15) is 81.9 Å². The highest BCUT2D eigenvalue weighted by Crippen LogP contribution is 2.56. The van der Waals surface area contributed by atoms with Crippen LogP contribution in [0.25, 0.3) is 0 Å². The quantitative estimate of drug-likeness (QED) is 0.0931. The second-order valence-electron chi connectivity index (χ2n) is 15.2. The van der Waals surface area contributed by atoms with Crippen LogP contribution in [0, 0.1) is 0 Å². The highest BCUT2D eigenvalue weighted by Gasteiger charge is 2.50. The molecule has 0 amide bonds. The van der Waals surface area contributed by atoms with E-state index in [1.165, 1.54) is 42.5 Å². The molecule has 19 heteroatoms. The van der Waals surface area contributed by atoms with Crippen molar-refractivity contribution in [2.75, 3.05) is 13.2 Å². The molecule has 19 nitrogen and oxygen atoms in total. The van der Waals surface area contributed by atoms with Crippen LogP contribution in [-0.4, -0.2) is 153 Å². The first-order valence-electron chi connectivity index (χ1n) is 19.0. The molecule has 0 saturated carbocycles. The molecule has 0 spiro atoms. The van der Waals surface area contributed by atoms with E-state index in [2.05, 4.69) is 0 Å². The number of hydrogen-bond acceptors (Lipinski definition) is 18. The Morgan fingerprint density at radius 1 is 0.557 bits per heavy atom. The van der Waals surface area contributed by atoms with Gasteiger partial charge in [0.15, 0.2) is 0 Å². The predicted octanol–water partition coefficient (Wildman–Crippen LogP) is -1.30. The van der Waals surface area contributed by atoms with Crippen LogP contribution >= 0.6 is 0 Å². The van der Waals surface area contributed by atoms with Crippen molar-refractivity contribution in [3.05, 3.63) is 116 Å². The molecule has 8 rings (SSSR count). The molecular weight excluding hydrogens is 808 g/mol. The number of aliphatic hydroxyl groups is 9. The molecule has 0 aromatic heterocycles. The summed E-state index contributed by atoms with van der Waals surface area (Å²) in [6.07, 6.45) is -17.4. The zero-order valence-electron chi connectivity index (χ0n) is 31.5. The van der Waals surface area contributed by atoms with Crippen molar-refractivity contribution in [3.8, 4) is 23.0 Å². The number of aromatic carboxylic acids is 1. The minimum absolute atomic E-state index is 0.0646. The van der Waals surface area contributed by atoms with Gasteiger partial charge < -0.3 is 80.2 Å². The highest BCUT2D eigenvalue weighted by molar-refractivity contribution is 6.18. The second-order valence-corrected chi connectivity index (χ2v) is 15.2. The SMILES string of the molecule is O=C(O)c1cc(O)c2c(c1)[C@@H]([C@H]1c3cc(CO)cc(O)c3C(=O)c3c(O[C@@H]4O[C@H](CO)[C@@H](O)[C@H](O)[C@H]4O)cccc31)c1cccc(O[C@@H]3O[C@H](CO)[C@@H](O)[C@H](O)[C@H]3O)c1C2=O. The minimum atomic E-state index is -1.91. The predicted molar refractivity (Wildman–Crippen MR) is 201 cm³/mol. The number of aliphatic hydroxyl groups excluding tert-OH is 9. The molecule has 0 unspecified atom stereocenters. The number of ether oxygens (including phenoxy) is 4. The Bertz CT molecular complexity index is 2410. The zero-order valence-corrected chi connectivity index (χ0v) is 31.5. The Kier molecular flexibility index (Phi) is 11.1. The summed E-state index contributed by atoms with van der Waals surface area (Å²) >= 11 is 0. The first kappa shape index (κ1) is 42.2. The largest absolute Gasteiger partial charge is 0.507 e. The number of fused-ring (bicyclic) bond motifs is 4. The lowest BCUT2D eigenvalue weighted by Crippen LogP contribution is -2.60. The zero-order chi connectivity index (χ0) is 43.8. The Morgan fingerprint density at radius 2 is 1.00 bits per heavy atom. The number of carbonyl (C=O) groups excluding carboxylic acids is 2. The number of hydrogen-bond donors (Lipinski definition) is 12. The molecule has 2 saturated heterocycles. The second kappa shape index (κ2) is 16.0. The molecule has 12 atom stereocenters. The van der Waals surface area contributed by atoms with Crippen molar-refractivity contribution in [3.63, 3.8) is 0 Å². The number of phenols is 2. The van der Waals surface area contributed by atoms with Crippen molar-refractivity contribution >= 4 is 17.5 Å². The third-order valence-corrected chi connectivity index (χ3v) is 11.7. The molecule has 2 aliphatic heterocycles. The van der Waals surface area contributed by atoms with E-state index in [9.17, 15) is 75.7 Å². The summed E-state index contributed by atoms with van der Waals surface area (Å²) in [5.74, 6) is -7.67. The van der Waals surface area contributed by atoms with Crippen LogP contribution in [-0.2, 0) is 16.1 Å². The van der Waals surface area contributed by atoms with Crippen LogP contribution in [0.15, 0.2) is 60.7 Å². The third kappa shape index (κ3) is 6.80. The van der Waals surface area contributed by atoms with Gasteiger partial charge in [0.25, 0.3) is 0 Å². The van der Waals surface area contributed by atoms with Gasteiger partial charge in [-0.3, -0.25) is 9.59 Å². The van der Waals surface area contributed by atoms with Gasteiger partial charge in [-0.15, -0.1) is 0 Å². The summed E-state index contributed by atoms with van der Waals surface area (Å²) in [5.41, 5.74) is -1.30. The first-order valence-corrected chi connectivity index (χ1v) is 19.0. The standard InChI is InChI=1S/C42H40O19/c43-11-14-7-18-26(16-3-1-5-22(30(16)34(50)28(18)20(46)8-14)58-41-38(54)36(52)32(48)24(12-44)60-41)27-17-4-2-6-23(59-42-39(55)37(53)33(49)25(13-45)61-42)31(17)35(51)29-19(27)9-15(40(56)57)10-21(29)47/h1-10,24-27,32-33,36-39,41-49,52-55H,11-13H2,(H,56,57)/t24-,25-,26-,27+,32-,33-,36+,37+,38-,39-,41-,42-/m1/s1. The fourth-order valence-corrected chi connectivity index (χ4v) is 8.74. The summed E-state index contributed by atoms with van der Waals surface area (Å²) < 4.78 is 23.1. The molecule has 2 heterocycles. The Balaban J connectivity index is 1.37. The van der Waals surface area contributed by atoms with Crippen molar-refractivity contribution in [1.29, 1.82) is 0 Å². The molecule has 4 aliphatic rings. The summed E-state index contributed by atoms with van der Waals surface area (Å²) in [6.45, 7) is -2.21. The molecule has 12 N–H and O–H groups in total. The van der Waals surface area contributed by atoms with Crippen molar-refractivity contribution in [1.82, 2.24) is 0 Å². The lowest BCUT2D eigenvalue weighted by atomic mass is 9.63. The topological polar surface area (TPSA) is 331 Å². The van der Waals surface area contributed by atoms with Crippen LogP contribution in [0.2, 0.25) is 0 Å². The molecule has 4 aromatic carbocycles. The fourth-order valence-electron chi connectivity index (χ4n) is 8.74. The number of benzene rings is 4. The van der Waals surface area contributed by atoms with Crippen molar-refractivity contribution < 1.29 is 94.6 Å². The van der Waals surface area contributed by atoms with E-state index in [1.807, 2.05) is 0 Å². The fraction of sp³-hybridized carbons (Fsp3) is 0.357. The number of aromatic hydroxyl groups is 2. The van der Waals surface area contributed by atoms with Gasteiger partial charge in [0.05, 0.1) is 47.6 Å². The van der Waals surface area contributed by atoms with E-state index in [0.717, 1.165) is 18.2 Å². The summed E-state index contributed by atoms with van der Waals surface area (Å²) in [7, 11) is 0. The van der Waals surface area contributed by atoms with Gasteiger partial charge in [-0.2, -0.15) is 0 Å². The third-order valence-electron chi connectivity index (χ3n) is 11.7. The minimum Gasteiger partial charge on any atom is -0.507 e. The molecule has 0 radical (unpaired) electrons. The van der Waals surface area contributed by atoms with Gasteiger partial charge in [-0.25, -0.2) is 4.79 Å². The maximum absolute atomic E-state index is 14.7. The van der Waals surface area contributed by atoms with Gasteiger partial charge in [-0.05, 0) is 58.1 Å². The summed E-state index contributed by atoms with van der Waals surface area (Å²) in [5, 5.41) is 126. The molecule has 4 aromatic rings. The van der Waals surface area contributed by atoms with Crippen LogP contribution in [0.3, 0.4) is 0 Å². The van der Waals surface area contributed by atoms with Gasteiger partial charge >= 0.3 is 5.97 Å². The Hall–Kier alpha value is -5.55. The molecule has 0 bridgehead atoms. The number of carboxylic acids is 1. The summed E-state index contributed by atoms with van der Waals surface area (Å²) in [6, 6.07) is 13.1. The molecule has 322 valence electrons. The van der Waals surface area contributed by atoms with Crippen LogP contribution in [0.4, 0.5) is 0 Å². The van der Waals surface area contributed by atoms with Gasteiger partial charge in [-0.1, -0.05) is 30.3 Å². The number of carboxylic acid groups (broad SMARTS) is 1. The maximum Gasteiger partial charge on any atom is 0.335 e. The van der Waals surface area contributed by atoms with E-state index in [4.69, 9.17) is 18.9 Å². The summed E-state index contributed by atoms with van der Waals surface area (Å²) in [4.78, 5) is 41.8. The first-order chi connectivity index (χ1) is 29.1. The van der Waals surface area contributed by atoms with Gasteiger partial charge in [0.1, 0.15) is 71.8 Å². The molecule has 61 heavy (non-hydrogen) atoms. The molecule has 2 aliphatic carbocycles. The van der Waals surface area contributed by atoms with Crippen molar-refractivity contribution in [2.45, 2.75) is 79.9 Å². The van der Waals surface area contributed by atoms with Gasteiger partial charge in [0, 0.05) is 11.8 Å². The van der Waals surface area contributed by atoms with Crippen LogP contribution in [0.5, 0.6) is 23.0 Å². The smallest absolute Gasteiger partial charge is 0.335 e. The normalized spacial score (nSPS) is 30.4. The van der Waals surface area contributed by atoms with Gasteiger partial charge in [0.2, 0.25) is 24.1 Å². The highest BCUT2D eigenvalue weighted by atomic mass is 16.7. The van der Waals surface area contributed by atoms with Crippen molar-refractivity contribution in [2.24, 2.45) is 0 Å². The van der Waals surface area contributed by atoms with E-state index < -0.39 is 133 Å². The number of carbonyl (C=O) groups is 3. The Morgan fingerprint density at radius 3 is 1.43 bits per heavy atom. The lowest BCUT2D eigenvalue weighted by Gasteiger charge is -2.41. The average molecular weight is 849 g/mol. The number of phenolic OH excluding ortho intramolecular Hbond substituents is 2. The average Bonchev–Trinajstić information content (AvgIpc) is 3.24. The van der Waals surface area contributed by atoms with Crippen LogP contribution < -0.4 is 9.47 Å². The number of rotatable bonds is 9. The number of ketones is 2. The monoisotopic (exact) mass is 848 g/mol. The van der Waals surface area contributed by atoms with E-state index in [0.29, 0.717) is 0 Å². The van der Waals surface area contributed by atoms with E-state index in [1.54, 1.807) is 0 Å². The van der Waals surface area contributed by atoms with E-state index >= 15 is 0 Å².